The summed E-state index contributed by atoms with van der Waals surface area (Å²) in [5.74, 6) is -0.254. The molecule has 0 fully saturated rings. The topological polar surface area (TPSA) is 64.6 Å². The van der Waals surface area contributed by atoms with E-state index in [1.165, 1.54) is 7.11 Å². The molecule has 0 radical (unpaired) electrons. The van der Waals surface area contributed by atoms with Gasteiger partial charge < -0.3 is 14.8 Å². The molecular weight excluding hydrogens is 234 g/mol. The van der Waals surface area contributed by atoms with Gasteiger partial charge in [0, 0.05) is 5.92 Å². The molecule has 1 N–H and O–H groups in total. The monoisotopic (exact) mass is 259 g/mol. The van der Waals surface area contributed by atoms with Gasteiger partial charge in [0.15, 0.2) is 5.78 Å². The molecule has 0 spiro atoms. The highest BCUT2D eigenvalue weighted by Gasteiger charge is 2.31. The van der Waals surface area contributed by atoms with Crippen LogP contribution in [0.3, 0.4) is 0 Å². The second-order valence-electron chi connectivity index (χ2n) is 5.61. The van der Waals surface area contributed by atoms with Crippen LogP contribution in [-0.2, 0) is 14.3 Å². The number of nitrogens with one attached hydrogen (secondary N) is 1. The van der Waals surface area contributed by atoms with Crippen molar-refractivity contribution in [2.75, 3.05) is 7.11 Å². The van der Waals surface area contributed by atoms with Gasteiger partial charge in [-0.05, 0) is 27.7 Å². The van der Waals surface area contributed by atoms with Crippen molar-refractivity contribution in [1.29, 1.82) is 0 Å². The molecule has 0 aliphatic heterocycles. The summed E-state index contributed by atoms with van der Waals surface area (Å²) in [5.41, 5.74) is -0.382. The molecular formula is C13H25NO4. The highest BCUT2D eigenvalue weighted by Crippen LogP contribution is 2.15. The third-order valence-corrected chi connectivity index (χ3v) is 2.34. The van der Waals surface area contributed by atoms with Crippen LogP contribution in [0.25, 0.3) is 0 Å². The Morgan fingerprint density at radius 2 is 1.61 bits per heavy atom. The third-order valence-electron chi connectivity index (χ3n) is 2.34. The summed E-state index contributed by atoms with van der Waals surface area (Å²) < 4.78 is 10.3. The van der Waals surface area contributed by atoms with E-state index in [1.807, 2.05) is 20.8 Å². The molecule has 0 bridgehead atoms. The van der Waals surface area contributed by atoms with Crippen molar-refractivity contribution in [1.82, 2.24) is 5.32 Å². The lowest BCUT2D eigenvalue weighted by atomic mass is 9.97. The zero-order chi connectivity index (χ0) is 14.5. The fraction of sp³-hybridized carbons (Fsp3) is 0.846. The lowest BCUT2D eigenvalue weighted by Gasteiger charge is -2.31. The second-order valence-corrected chi connectivity index (χ2v) is 5.61. The number of ketones is 1. The first kappa shape index (κ1) is 16.9. The maximum Gasteiger partial charge on any atom is 0.407 e. The number of ether oxygens (including phenoxy) is 2. The first-order chi connectivity index (χ1) is 8.08. The van der Waals surface area contributed by atoms with Gasteiger partial charge in [-0.1, -0.05) is 13.8 Å². The molecule has 0 saturated carbocycles. The number of hydrogen-bond acceptors (Lipinski definition) is 4. The fourth-order valence-corrected chi connectivity index (χ4v) is 1.59. The van der Waals surface area contributed by atoms with E-state index >= 15 is 0 Å². The van der Waals surface area contributed by atoms with Crippen molar-refractivity contribution >= 4 is 11.9 Å². The average molecular weight is 259 g/mol. The number of rotatable bonds is 5. The summed E-state index contributed by atoms with van der Waals surface area (Å²) in [6, 6.07) is -0.698. The maximum absolute atomic E-state index is 12.1. The Hall–Kier alpha value is -1.10. The molecule has 18 heavy (non-hydrogen) atoms. The predicted octanol–water partition coefficient (Wildman–Crippen LogP) is 2.14. The van der Waals surface area contributed by atoms with Gasteiger partial charge in [-0.2, -0.15) is 0 Å². The van der Waals surface area contributed by atoms with Crippen molar-refractivity contribution in [3.8, 4) is 0 Å². The molecule has 0 aromatic rings. The predicted molar refractivity (Wildman–Crippen MR) is 69.5 cm³/mol. The molecule has 5 heteroatoms. The third kappa shape index (κ3) is 6.00. The summed E-state index contributed by atoms with van der Waals surface area (Å²) in [6.07, 6.45) is -1.04. The zero-order valence-corrected chi connectivity index (χ0v) is 12.4. The van der Waals surface area contributed by atoms with E-state index in [2.05, 4.69) is 10.1 Å². The van der Waals surface area contributed by atoms with Crippen LogP contribution < -0.4 is 5.32 Å². The molecule has 0 aliphatic carbocycles. The minimum Gasteiger partial charge on any atom is -0.453 e. The number of hydrogen-bond donors (Lipinski definition) is 1. The van der Waals surface area contributed by atoms with Gasteiger partial charge in [0.2, 0.25) is 0 Å². The number of amides is 1. The van der Waals surface area contributed by atoms with E-state index in [0.717, 1.165) is 0 Å². The fourth-order valence-electron chi connectivity index (χ4n) is 1.59. The first-order valence-electron chi connectivity index (χ1n) is 6.14. The van der Waals surface area contributed by atoms with Gasteiger partial charge in [-0.25, -0.2) is 4.79 Å². The van der Waals surface area contributed by atoms with Gasteiger partial charge in [0.1, 0.15) is 6.04 Å². The maximum atomic E-state index is 12.1. The number of carbonyl (C=O) groups is 2. The molecule has 0 saturated heterocycles. The number of methoxy groups -OCH3 is 1. The summed E-state index contributed by atoms with van der Waals surface area (Å²) >= 11 is 0. The lowest BCUT2D eigenvalue weighted by Crippen LogP contribution is -2.51. The molecule has 0 rings (SSSR count). The van der Waals surface area contributed by atoms with Gasteiger partial charge in [0.05, 0.1) is 18.8 Å². The highest BCUT2D eigenvalue weighted by atomic mass is 16.5. The molecule has 0 aromatic carbocycles. The van der Waals surface area contributed by atoms with E-state index in [9.17, 15) is 9.59 Å². The van der Waals surface area contributed by atoms with Gasteiger partial charge >= 0.3 is 6.09 Å². The lowest BCUT2D eigenvalue weighted by molar-refractivity contribution is -0.131. The largest absolute Gasteiger partial charge is 0.453 e. The molecule has 106 valence electrons. The van der Waals surface area contributed by atoms with E-state index in [4.69, 9.17) is 4.74 Å². The van der Waals surface area contributed by atoms with E-state index in [1.54, 1.807) is 20.8 Å². The zero-order valence-electron chi connectivity index (χ0n) is 12.4. The molecule has 0 aliphatic rings. The van der Waals surface area contributed by atoms with Crippen LogP contribution in [0.15, 0.2) is 0 Å². The Balaban J connectivity index is 4.85. The Labute approximate surface area is 109 Å². The normalized spacial score (nSPS) is 15.1. The smallest absolute Gasteiger partial charge is 0.407 e. The van der Waals surface area contributed by atoms with Crippen LogP contribution >= 0.6 is 0 Å². The molecule has 1 amide bonds. The molecule has 2 atom stereocenters. The van der Waals surface area contributed by atoms with Crippen LogP contribution in [0, 0.1) is 5.92 Å². The Bertz CT molecular complexity index is 294. The van der Waals surface area contributed by atoms with E-state index in [-0.39, 0.29) is 17.3 Å². The van der Waals surface area contributed by atoms with Crippen molar-refractivity contribution in [3.63, 3.8) is 0 Å². The first-order valence-corrected chi connectivity index (χ1v) is 6.14. The molecule has 0 unspecified atom stereocenters. The Kier molecular flexibility index (Phi) is 6.32. The summed E-state index contributed by atoms with van der Waals surface area (Å²) in [4.78, 5) is 23.3. The highest BCUT2D eigenvalue weighted by molar-refractivity contribution is 5.89. The van der Waals surface area contributed by atoms with Crippen molar-refractivity contribution in [3.05, 3.63) is 0 Å². The molecule has 0 heterocycles. The quantitative estimate of drug-likeness (QED) is 0.821. The summed E-state index contributed by atoms with van der Waals surface area (Å²) in [7, 11) is 1.27. The van der Waals surface area contributed by atoms with Crippen LogP contribution in [0.1, 0.15) is 41.5 Å². The number of alkyl carbamates (subject to hydrolysis) is 1. The second kappa shape index (κ2) is 6.73. The van der Waals surface area contributed by atoms with Gasteiger partial charge in [0.25, 0.3) is 0 Å². The van der Waals surface area contributed by atoms with E-state index < -0.39 is 18.2 Å². The SMILES string of the molecule is COC(=O)N[C@H](C(=O)C(C)C)[C@@H](C)OC(C)(C)C. The number of Topliss-reactive ketones (excluding diaryl/α,β-unsaturated/α-hetero) is 1. The average Bonchev–Trinajstić information content (AvgIpc) is 2.21. The van der Waals surface area contributed by atoms with Crippen molar-refractivity contribution < 1.29 is 19.1 Å². The Morgan fingerprint density at radius 3 is 1.94 bits per heavy atom. The standard InChI is InChI=1S/C13H25NO4/c1-8(2)11(15)10(14-12(16)17-7)9(3)18-13(4,5)6/h8-10H,1-7H3,(H,14,16)/t9-,10+/m1/s1. The van der Waals surface area contributed by atoms with Crippen molar-refractivity contribution in [2.45, 2.75) is 59.3 Å². The molecule has 5 nitrogen and oxygen atoms in total. The van der Waals surface area contributed by atoms with Crippen LogP contribution in [0.4, 0.5) is 4.79 Å². The van der Waals surface area contributed by atoms with Crippen LogP contribution in [0.5, 0.6) is 0 Å². The van der Waals surface area contributed by atoms with Crippen LogP contribution in [0.2, 0.25) is 0 Å². The summed E-state index contributed by atoms with van der Waals surface area (Å²) in [6.45, 7) is 11.1. The minimum atomic E-state index is -0.698. The van der Waals surface area contributed by atoms with Gasteiger partial charge in [-0.3, -0.25) is 4.79 Å². The van der Waals surface area contributed by atoms with E-state index in [0.29, 0.717) is 0 Å². The Morgan fingerprint density at radius 1 is 1.11 bits per heavy atom. The minimum absolute atomic E-state index is 0.0721. The van der Waals surface area contributed by atoms with Gasteiger partial charge in [-0.15, -0.1) is 0 Å². The number of carbonyl (C=O) groups excluding carboxylic acids is 2. The summed E-state index contributed by atoms with van der Waals surface area (Å²) in [5, 5.41) is 2.53. The van der Waals surface area contributed by atoms with Crippen molar-refractivity contribution in [2.24, 2.45) is 5.92 Å². The molecule has 0 aromatic heterocycles. The van der Waals surface area contributed by atoms with Crippen LogP contribution in [-0.4, -0.2) is 36.7 Å².